The Bertz CT molecular complexity index is 996. The lowest BCUT2D eigenvalue weighted by molar-refractivity contribution is 0.0691. The molecular weight excluding hydrogens is 356 g/mol. The van der Waals surface area contributed by atoms with E-state index in [1.807, 2.05) is 0 Å². The van der Waals surface area contributed by atoms with Crippen molar-refractivity contribution in [1.82, 2.24) is 14.8 Å². The Morgan fingerprint density at radius 1 is 1.33 bits per heavy atom. The monoisotopic (exact) mass is 366 g/mol. The summed E-state index contributed by atoms with van der Waals surface area (Å²) in [5.41, 5.74) is 0.458. The standard InChI is InChI=1S/C14H11ClN4O4S/c15-9-2-3-13(19-5-1-4-17-19)11(6-9)18-24(22,23)10-7-12(14(20)21)16-8-10/h1-8,16,18H,(H,20,21). The fourth-order valence-electron chi connectivity index (χ4n) is 2.06. The van der Waals surface area contributed by atoms with Gasteiger partial charge in [0.15, 0.2) is 0 Å². The van der Waals surface area contributed by atoms with E-state index in [1.54, 1.807) is 30.6 Å². The van der Waals surface area contributed by atoms with E-state index in [-0.39, 0.29) is 16.3 Å². The van der Waals surface area contributed by atoms with Crippen molar-refractivity contribution >= 4 is 33.3 Å². The van der Waals surface area contributed by atoms with Gasteiger partial charge >= 0.3 is 5.97 Å². The highest BCUT2D eigenvalue weighted by atomic mass is 35.5. The molecule has 0 atom stereocenters. The maximum atomic E-state index is 12.5. The number of sulfonamides is 1. The number of benzene rings is 1. The Morgan fingerprint density at radius 3 is 2.75 bits per heavy atom. The van der Waals surface area contributed by atoms with Crippen LogP contribution in [0, 0.1) is 0 Å². The summed E-state index contributed by atoms with van der Waals surface area (Å²) in [5, 5.41) is 13.3. The third-order valence-electron chi connectivity index (χ3n) is 3.15. The van der Waals surface area contributed by atoms with Crippen molar-refractivity contribution in [1.29, 1.82) is 0 Å². The highest BCUT2D eigenvalue weighted by molar-refractivity contribution is 7.92. The molecule has 0 bridgehead atoms. The van der Waals surface area contributed by atoms with Crippen molar-refractivity contribution in [2.24, 2.45) is 0 Å². The third-order valence-corrected chi connectivity index (χ3v) is 4.73. The molecule has 24 heavy (non-hydrogen) atoms. The number of aromatic nitrogens is 3. The van der Waals surface area contributed by atoms with E-state index in [0.29, 0.717) is 10.7 Å². The second-order valence-corrected chi connectivity index (χ2v) is 6.89. The molecule has 0 unspecified atom stereocenters. The molecule has 0 saturated carbocycles. The van der Waals surface area contributed by atoms with E-state index in [9.17, 15) is 13.2 Å². The molecule has 0 aliphatic rings. The molecule has 2 aromatic heterocycles. The summed E-state index contributed by atoms with van der Waals surface area (Å²) in [4.78, 5) is 13.1. The average Bonchev–Trinajstić information content (AvgIpc) is 3.19. The molecule has 10 heteroatoms. The molecule has 0 saturated heterocycles. The van der Waals surface area contributed by atoms with Crippen LogP contribution in [0.1, 0.15) is 10.5 Å². The van der Waals surface area contributed by atoms with Crippen LogP contribution in [0.25, 0.3) is 5.69 Å². The number of nitrogens with zero attached hydrogens (tertiary/aromatic N) is 2. The number of carboxylic acid groups (broad SMARTS) is 1. The van der Waals surface area contributed by atoms with Gasteiger partial charge in [0, 0.05) is 23.6 Å². The number of carbonyl (C=O) groups is 1. The van der Waals surface area contributed by atoms with Crippen molar-refractivity contribution in [3.63, 3.8) is 0 Å². The molecule has 3 aromatic rings. The zero-order chi connectivity index (χ0) is 17.3. The molecule has 0 amide bonds. The number of aromatic amines is 1. The predicted octanol–water partition coefficient (Wildman–Crippen LogP) is 2.35. The van der Waals surface area contributed by atoms with Crippen LogP contribution in [0.2, 0.25) is 5.02 Å². The minimum Gasteiger partial charge on any atom is -0.477 e. The van der Waals surface area contributed by atoms with Crippen LogP contribution in [-0.2, 0) is 10.0 Å². The first-order valence-corrected chi connectivity index (χ1v) is 8.47. The Hall–Kier alpha value is -2.78. The third kappa shape index (κ3) is 3.12. The predicted molar refractivity (Wildman–Crippen MR) is 87.1 cm³/mol. The number of anilines is 1. The molecule has 0 fully saturated rings. The largest absolute Gasteiger partial charge is 0.477 e. The SMILES string of the molecule is O=C(O)c1cc(S(=O)(=O)Nc2cc(Cl)ccc2-n2cccn2)c[nH]1. The van der Waals surface area contributed by atoms with Crippen molar-refractivity contribution in [2.45, 2.75) is 4.90 Å². The van der Waals surface area contributed by atoms with Crippen molar-refractivity contribution in [2.75, 3.05) is 4.72 Å². The minimum absolute atomic E-state index is 0.203. The number of aromatic carboxylic acids is 1. The molecule has 0 radical (unpaired) electrons. The normalized spacial score (nSPS) is 11.4. The Labute approximate surface area is 141 Å². The van der Waals surface area contributed by atoms with Gasteiger partial charge in [-0.05, 0) is 30.3 Å². The molecule has 8 nitrogen and oxygen atoms in total. The first kappa shape index (κ1) is 16.1. The highest BCUT2D eigenvalue weighted by Crippen LogP contribution is 2.26. The number of halogens is 1. The average molecular weight is 367 g/mol. The first-order valence-electron chi connectivity index (χ1n) is 6.61. The maximum Gasteiger partial charge on any atom is 0.352 e. The van der Waals surface area contributed by atoms with Gasteiger partial charge in [-0.25, -0.2) is 17.9 Å². The summed E-state index contributed by atoms with van der Waals surface area (Å²) in [6.07, 6.45) is 4.31. The molecule has 0 spiro atoms. The zero-order valence-electron chi connectivity index (χ0n) is 12.0. The van der Waals surface area contributed by atoms with Crippen LogP contribution in [0.5, 0.6) is 0 Å². The first-order chi connectivity index (χ1) is 11.4. The second-order valence-electron chi connectivity index (χ2n) is 4.77. The van der Waals surface area contributed by atoms with Crippen LogP contribution >= 0.6 is 11.6 Å². The summed E-state index contributed by atoms with van der Waals surface area (Å²) in [5.74, 6) is -1.25. The molecule has 1 aromatic carbocycles. The smallest absolute Gasteiger partial charge is 0.352 e. The summed E-state index contributed by atoms with van der Waals surface area (Å²) in [6, 6.07) is 7.39. The van der Waals surface area contributed by atoms with E-state index in [4.69, 9.17) is 16.7 Å². The summed E-state index contributed by atoms with van der Waals surface area (Å²) >= 11 is 5.95. The fourth-order valence-corrected chi connectivity index (χ4v) is 3.29. The highest BCUT2D eigenvalue weighted by Gasteiger charge is 2.20. The lowest BCUT2D eigenvalue weighted by atomic mass is 10.3. The number of hydrogen-bond acceptors (Lipinski definition) is 4. The fraction of sp³-hybridized carbons (Fsp3) is 0. The number of rotatable bonds is 5. The van der Waals surface area contributed by atoms with Crippen molar-refractivity contribution in [3.8, 4) is 5.69 Å². The second kappa shape index (κ2) is 6.02. The van der Waals surface area contributed by atoms with Crippen LogP contribution in [-0.4, -0.2) is 34.3 Å². The van der Waals surface area contributed by atoms with E-state index in [2.05, 4.69) is 14.8 Å². The van der Waals surface area contributed by atoms with E-state index in [0.717, 1.165) is 12.3 Å². The number of H-pyrrole nitrogens is 1. The van der Waals surface area contributed by atoms with Crippen molar-refractivity contribution < 1.29 is 18.3 Å². The number of nitrogens with one attached hydrogen (secondary N) is 2. The molecule has 0 aliphatic heterocycles. The summed E-state index contributed by atoms with van der Waals surface area (Å²) in [7, 11) is -4.00. The van der Waals surface area contributed by atoms with Crippen LogP contribution in [0.4, 0.5) is 5.69 Å². The van der Waals surface area contributed by atoms with Crippen LogP contribution in [0.15, 0.2) is 53.8 Å². The Kier molecular flexibility index (Phi) is 4.04. The van der Waals surface area contributed by atoms with Gasteiger partial charge in [-0.3, -0.25) is 4.72 Å². The Morgan fingerprint density at radius 2 is 2.12 bits per heavy atom. The molecular formula is C14H11ClN4O4S. The maximum absolute atomic E-state index is 12.5. The zero-order valence-corrected chi connectivity index (χ0v) is 13.5. The lowest BCUT2D eigenvalue weighted by Gasteiger charge is -2.12. The molecule has 3 N–H and O–H groups in total. The minimum atomic E-state index is -4.00. The van der Waals surface area contributed by atoms with Crippen LogP contribution in [0.3, 0.4) is 0 Å². The summed E-state index contributed by atoms with van der Waals surface area (Å²) < 4.78 is 28.8. The van der Waals surface area contributed by atoms with Gasteiger partial charge in [-0.15, -0.1) is 0 Å². The number of carboxylic acids is 1. The molecule has 3 rings (SSSR count). The number of hydrogen-bond donors (Lipinski definition) is 3. The van der Waals surface area contributed by atoms with Gasteiger partial charge in [-0.1, -0.05) is 11.6 Å². The molecule has 0 aliphatic carbocycles. The van der Waals surface area contributed by atoms with Gasteiger partial charge < -0.3 is 10.1 Å². The van der Waals surface area contributed by atoms with E-state index >= 15 is 0 Å². The van der Waals surface area contributed by atoms with Gasteiger partial charge in [0.2, 0.25) is 0 Å². The molecule has 124 valence electrons. The summed E-state index contributed by atoms with van der Waals surface area (Å²) in [6.45, 7) is 0. The molecule has 2 heterocycles. The van der Waals surface area contributed by atoms with Crippen LogP contribution < -0.4 is 4.72 Å². The van der Waals surface area contributed by atoms with Gasteiger partial charge in [0.1, 0.15) is 10.6 Å². The topological polar surface area (TPSA) is 117 Å². The van der Waals surface area contributed by atoms with E-state index in [1.165, 1.54) is 10.7 Å². The van der Waals surface area contributed by atoms with Crippen molar-refractivity contribution in [3.05, 3.63) is 59.6 Å². The van der Waals surface area contributed by atoms with Gasteiger partial charge in [-0.2, -0.15) is 5.10 Å². The quantitative estimate of drug-likeness (QED) is 0.640. The van der Waals surface area contributed by atoms with Gasteiger partial charge in [0.05, 0.1) is 11.4 Å². The van der Waals surface area contributed by atoms with Gasteiger partial charge in [0.25, 0.3) is 10.0 Å². The lowest BCUT2D eigenvalue weighted by Crippen LogP contribution is -2.14. The van der Waals surface area contributed by atoms with E-state index < -0.39 is 16.0 Å². The Balaban J connectivity index is 2.00.